The van der Waals surface area contributed by atoms with Crippen LogP contribution < -0.4 is 0 Å². The minimum absolute atomic E-state index is 0.418. The lowest BCUT2D eigenvalue weighted by atomic mass is 9.69. The van der Waals surface area contributed by atoms with Gasteiger partial charge in [-0.2, -0.15) is 0 Å². The molecule has 2 saturated carbocycles. The molecule has 1 nitrogen and oxygen atoms in total. The summed E-state index contributed by atoms with van der Waals surface area (Å²) in [4.78, 5) is 0. The highest BCUT2D eigenvalue weighted by Gasteiger charge is 2.57. The molecule has 3 rings (SSSR count). The lowest BCUT2D eigenvalue weighted by Gasteiger charge is -2.38. The number of hydrogen-bond acceptors (Lipinski definition) is 1. The van der Waals surface area contributed by atoms with E-state index in [9.17, 15) is 0 Å². The van der Waals surface area contributed by atoms with Gasteiger partial charge in [-0.05, 0) is 41.9 Å². The first-order valence-electron chi connectivity index (χ1n) is 5.85. The maximum Gasteiger partial charge on any atom is 0.0605 e. The molecule has 0 saturated heterocycles. The van der Waals surface area contributed by atoms with Crippen LogP contribution in [0.25, 0.3) is 0 Å². The summed E-state index contributed by atoms with van der Waals surface area (Å²) >= 11 is 0. The zero-order valence-electron chi connectivity index (χ0n) is 9.36. The molecule has 0 N–H and O–H groups in total. The number of rotatable bonds is 1. The van der Waals surface area contributed by atoms with Gasteiger partial charge in [-0.15, -0.1) is 0 Å². The Balaban J connectivity index is 1.92. The molecule has 0 aliphatic heterocycles. The summed E-state index contributed by atoms with van der Waals surface area (Å²) in [6.07, 6.45) is 8.21. The molecule has 2 fully saturated rings. The zero-order chi connectivity index (χ0) is 9.92. The molecule has 0 aromatic carbocycles. The molecule has 3 aliphatic rings. The molecule has 0 aromatic rings. The first kappa shape index (κ1) is 8.96. The van der Waals surface area contributed by atoms with E-state index < -0.39 is 0 Å². The third-order valence-electron chi connectivity index (χ3n) is 4.92. The third kappa shape index (κ3) is 0.942. The van der Waals surface area contributed by atoms with Gasteiger partial charge >= 0.3 is 0 Å². The summed E-state index contributed by atoms with van der Waals surface area (Å²) in [6.45, 7) is 4.78. The lowest BCUT2D eigenvalue weighted by Crippen LogP contribution is -2.36. The molecule has 0 spiro atoms. The van der Waals surface area contributed by atoms with Crippen LogP contribution in [0.2, 0.25) is 0 Å². The highest BCUT2D eigenvalue weighted by Crippen LogP contribution is 2.62. The van der Waals surface area contributed by atoms with Crippen molar-refractivity contribution in [2.24, 2.45) is 29.1 Å². The maximum atomic E-state index is 5.62. The van der Waals surface area contributed by atoms with Crippen LogP contribution >= 0.6 is 0 Å². The van der Waals surface area contributed by atoms with E-state index in [1.807, 2.05) is 7.11 Å². The smallest absolute Gasteiger partial charge is 0.0605 e. The first-order chi connectivity index (χ1) is 6.63. The molecule has 5 unspecified atom stereocenters. The van der Waals surface area contributed by atoms with E-state index in [4.69, 9.17) is 4.74 Å². The van der Waals surface area contributed by atoms with Crippen LogP contribution in [0.15, 0.2) is 12.2 Å². The molecular weight excluding hydrogens is 172 g/mol. The Kier molecular flexibility index (Phi) is 1.69. The topological polar surface area (TPSA) is 9.23 Å². The van der Waals surface area contributed by atoms with Crippen molar-refractivity contribution < 1.29 is 4.74 Å². The van der Waals surface area contributed by atoms with Crippen LogP contribution in [0, 0.1) is 29.1 Å². The van der Waals surface area contributed by atoms with Crippen LogP contribution in [0.1, 0.15) is 26.7 Å². The minimum Gasteiger partial charge on any atom is -0.381 e. The van der Waals surface area contributed by atoms with Gasteiger partial charge in [0.05, 0.1) is 6.10 Å². The van der Waals surface area contributed by atoms with Gasteiger partial charge in [0, 0.05) is 7.11 Å². The molecule has 0 heterocycles. The first-order valence-corrected chi connectivity index (χ1v) is 5.85. The van der Waals surface area contributed by atoms with Gasteiger partial charge in [0.1, 0.15) is 0 Å². The fourth-order valence-corrected chi connectivity index (χ4v) is 4.41. The molecule has 3 aliphatic carbocycles. The van der Waals surface area contributed by atoms with E-state index in [0.717, 1.165) is 23.7 Å². The van der Waals surface area contributed by atoms with Crippen LogP contribution in [0.4, 0.5) is 0 Å². The highest BCUT2D eigenvalue weighted by molar-refractivity contribution is 5.21. The van der Waals surface area contributed by atoms with Gasteiger partial charge < -0.3 is 4.74 Å². The van der Waals surface area contributed by atoms with E-state index in [-0.39, 0.29) is 0 Å². The van der Waals surface area contributed by atoms with Crippen LogP contribution in [-0.2, 0) is 4.74 Å². The van der Waals surface area contributed by atoms with E-state index in [2.05, 4.69) is 26.0 Å². The second-order valence-electron chi connectivity index (χ2n) is 5.95. The normalized spacial score (nSPS) is 52.6. The van der Waals surface area contributed by atoms with Crippen molar-refractivity contribution in [3.63, 3.8) is 0 Å². The van der Waals surface area contributed by atoms with E-state index in [1.54, 1.807) is 0 Å². The van der Waals surface area contributed by atoms with E-state index in [0.29, 0.717) is 11.5 Å². The largest absolute Gasteiger partial charge is 0.381 e. The van der Waals surface area contributed by atoms with Gasteiger partial charge in [0.15, 0.2) is 0 Å². The Morgan fingerprint density at radius 3 is 2.79 bits per heavy atom. The van der Waals surface area contributed by atoms with Gasteiger partial charge in [0.2, 0.25) is 0 Å². The zero-order valence-corrected chi connectivity index (χ0v) is 9.36. The molecule has 14 heavy (non-hydrogen) atoms. The fourth-order valence-electron chi connectivity index (χ4n) is 4.41. The average Bonchev–Trinajstić information content (AvgIpc) is 2.76. The molecular formula is C13H20O. The van der Waals surface area contributed by atoms with Crippen LogP contribution in [0.3, 0.4) is 0 Å². The fraction of sp³-hybridized carbons (Fsp3) is 0.846. The van der Waals surface area contributed by atoms with E-state index in [1.165, 1.54) is 12.8 Å². The predicted octanol–water partition coefficient (Wildman–Crippen LogP) is 2.87. The Labute approximate surface area is 86.5 Å². The van der Waals surface area contributed by atoms with Gasteiger partial charge in [0.25, 0.3) is 0 Å². The van der Waals surface area contributed by atoms with Crippen molar-refractivity contribution in [3.05, 3.63) is 12.2 Å². The van der Waals surface area contributed by atoms with Gasteiger partial charge in [-0.25, -0.2) is 0 Å². The maximum absolute atomic E-state index is 5.62. The van der Waals surface area contributed by atoms with Crippen molar-refractivity contribution in [3.8, 4) is 0 Å². The third-order valence-corrected chi connectivity index (χ3v) is 4.92. The molecule has 0 aromatic heterocycles. The summed E-state index contributed by atoms with van der Waals surface area (Å²) in [5.41, 5.74) is 0.418. The second-order valence-corrected chi connectivity index (χ2v) is 5.95. The average molecular weight is 192 g/mol. The summed E-state index contributed by atoms with van der Waals surface area (Å²) in [7, 11) is 1.88. The number of allylic oxidation sites excluding steroid dienone is 2. The highest BCUT2D eigenvalue weighted by atomic mass is 16.5. The van der Waals surface area contributed by atoms with Crippen molar-refractivity contribution in [2.75, 3.05) is 7.11 Å². The summed E-state index contributed by atoms with van der Waals surface area (Å²) < 4.78 is 5.62. The number of ether oxygens (including phenoxy) is 1. The molecule has 0 radical (unpaired) electrons. The molecule has 0 amide bonds. The van der Waals surface area contributed by atoms with Crippen molar-refractivity contribution in [1.82, 2.24) is 0 Å². The monoisotopic (exact) mass is 192 g/mol. The van der Waals surface area contributed by atoms with E-state index >= 15 is 0 Å². The number of methoxy groups -OCH3 is 1. The Bertz CT molecular complexity index is 279. The van der Waals surface area contributed by atoms with Crippen LogP contribution in [-0.4, -0.2) is 13.2 Å². The second kappa shape index (κ2) is 2.63. The summed E-state index contributed by atoms with van der Waals surface area (Å²) in [5.74, 6) is 3.50. The Hall–Kier alpha value is -0.300. The molecule has 1 heteroatoms. The van der Waals surface area contributed by atoms with Gasteiger partial charge in [-0.3, -0.25) is 0 Å². The number of fused-ring (bicyclic) bond motifs is 5. The van der Waals surface area contributed by atoms with Crippen molar-refractivity contribution in [2.45, 2.75) is 32.8 Å². The Morgan fingerprint density at radius 1 is 1.29 bits per heavy atom. The molecule has 2 bridgehead atoms. The Morgan fingerprint density at radius 2 is 2.07 bits per heavy atom. The SMILES string of the molecule is COC1CC2CC1C1C2C=CC1(C)C. The number of hydrogen-bond donors (Lipinski definition) is 0. The summed E-state index contributed by atoms with van der Waals surface area (Å²) in [5, 5.41) is 0. The van der Waals surface area contributed by atoms with Crippen LogP contribution in [0.5, 0.6) is 0 Å². The predicted molar refractivity (Wildman–Crippen MR) is 56.9 cm³/mol. The van der Waals surface area contributed by atoms with Gasteiger partial charge in [-0.1, -0.05) is 26.0 Å². The molecule has 5 atom stereocenters. The minimum atomic E-state index is 0.418. The standard InChI is InChI=1S/C13H20O/c1-13(2)5-4-9-8-6-10(12(9)13)11(7-8)14-3/h4-5,8-12H,6-7H2,1-3H3. The lowest BCUT2D eigenvalue weighted by molar-refractivity contribution is 0.00216. The quantitative estimate of drug-likeness (QED) is 0.580. The van der Waals surface area contributed by atoms with Crippen molar-refractivity contribution in [1.29, 1.82) is 0 Å². The summed E-state index contributed by atoms with van der Waals surface area (Å²) in [6, 6.07) is 0. The van der Waals surface area contributed by atoms with Crippen molar-refractivity contribution >= 4 is 0 Å². The molecule has 78 valence electrons.